The number of nitrogens with zero attached hydrogens (tertiary/aromatic N) is 3. The molecule has 0 saturated carbocycles. The van der Waals surface area contributed by atoms with Crippen molar-refractivity contribution in [3.05, 3.63) is 30.1 Å². The van der Waals surface area contributed by atoms with Gasteiger partial charge >= 0.3 is 0 Å². The van der Waals surface area contributed by atoms with Crippen molar-refractivity contribution in [3.63, 3.8) is 0 Å². The van der Waals surface area contributed by atoms with Gasteiger partial charge in [0.1, 0.15) is 5.82 Å². The first-order chi connectivity index (χ1) is 13.9. The van der Waals surface area contributed by atoms with Crippen molar-refractivity contribution < 1.29 is 14.0 Å². The van der Waals surface area contributed by atoms with Crippen molar-refractivity contribution in [1.29, 1.82) is 0 Å². The molecular formula is C22H33FN4O2. The van der Waals surface area contributed by atoms with E-state index in [-0.39, 0.29) is 17.6 Å². The molecule has 0 aliphatic carbocycles. The van der Waals surface area contributed by atoms with Gasteiger partial charge in [-0.25, -0.2) is 4.39 Å². The number of rotatable bonds is 7. The summed E-state index contributed by atoms with van der Waals surface area (Å²) in [6, 6.07) is 6.70. The first kappa shape index (κ1) is 21.6. The van der Waals surface area contributed by atoms with Crippen LogP contribution in [-0.4, -0.2) is 67.4 Å². The van der Waals surface area contributed by atoms with Crippen molar-refractivity contribution in [1.82, 2.24) is 9.80 Å². The molecule has 2 amide bonds. The molecule has 2 fully saturated rings. The average molecular weight is 405 g/mol. The van der Waals surface area contributed by atoms with E-state index in [0.29, 0.717) is 25.9 Å². The molecule has 0 bridgehead atoms. The third-order valence-electron chi connectivity index (χ3n) is 6.63. The van der Waals surface area contributed by atoms with Crippen LogP contribution in [0.1, 0.15) is 39.0 Å². The zero-order valence-corrected chi connectivity index (χ0v) is 17.4. The quantitative estimate of drug-likeness (QED) is 0.708. The number of piperazine rings is 1. The Morgan fingerprint density at radius 2 is 1.62 bits per heavy atom. The van der Waals surface area contributed by atoms with E-state index >= 15 is 0 Å². The third kappa shape index (κ3) is 5.47. The predicted octanol–water partition coefficient (Wildman–Crippen LogP) is 2.23. The monoisotopic (exact) mass is 404 g/mol. The zero-order valence-electron chi connectivity index (χ0n) is 17.4. The van der Waals surface area contributed by atoms with Gasteiger partial charge in [0.2, 0.25) is 11.8 Å². The molecule has 7 heteroatoms. The van der Waals surface area contributed by atoms with Gasteiger partial charge in [-0.2, -0.15) is 0 Å². The minimum absolute atomic E-state index is 0.0721. The van der Waals surface area contributed by atoms with Gasteiger partial charge in [-0.15, -0.1) is 0 Å². The first-order valence-electron chi connectivity index (χ1n) is 10.7. The lowest BCUT2D eigenvalue weighted by Crippen LogP contribution is -2.48. The van der Waals surface area contributed by atoms with Gasteiger partial charge < -0.3 is 15.5 Å². The number of likely N-dealkylation sites (tertiary alicyclic amines) is 1. The van der Waals surface area contributed by atoms with Gasteiger partial charge in [0, 0.05) is 51.9 Å². The summed E-state index contributed by atoms with van der Waals surface area (Å²) >= 11 is 0. The van der Waals surface area contributed by atoms with Crippen LogP contribution in [0.25, 0.3) is 0 Å². The molecule has 2 N–H and O–H groups in total. The van der Waals surface area contributed by atoms with Crippen molar-refractivity contribution in [3.8, 4) is 0 Å². The number of halogens is 1. The maximum absolute atomic E-state index is 13.1. The molecule has 2 aliphatic heterocycles. The molecule has 2 heterocycles. The van der Waals surface area contributed by atoms with Crippen LogP contribution in [0.2, 0.25) is 0 Å². The number of benzene rings is 1. The Hall–Kier alpha value is -2.15. The third-order valence-corrected chi connectivity index (χ3v) is 6.63. The SMILES string of the molecule is CC(=O)N1CCC(CCCCN2CCN(c3ccc(F)cc3)CC2)(C(N)=O)CC1. The lowest BCUT2D eigenvalue weighted by molar-refractivity contribution is -0.138. The molecule has 0 aromatic heterocycles. The van der Waals surface area contributed by atoms with Crippen LogP contribution in [0.15, 0.2) is 24.3 Å². The largest absolute Gasteiger partial charge is 0.369 e. The summed E-state index contributed by atoms with van der Waals surface area (Å²) in [4.78, 5) is 30.2. The fraction of sp³-hybridized carbons (Fsp3) is 0.636. The maximum atomic E-state index is 13.1. The number of piperidine rings is 1. The number of unbranched alkanes of at least 4 members (excludes halogenated alkanes) is 1. The van der Waals surface area contributed by atoms with E-state index in [2.05, 4.69) is 9.80 Å². The summed E-state index contributed by atoms with van der Waals surface area (Å²) in [5.74, 6) is -0.343. The Labute approximate surface area is 172 Å². The standard InChI is InChI=1S/C22H33FN4O2/c1-18(28)26-12-9-22(10-13-26,21(24)29)8-2-3-11-25-14-16-27(17-15-25)20-6-4-19(23)5-7-20/h4-7H,2-3,8-17H2,1H3,(H2,24,29). The first-order valence-corrected chi connectivity index (χ1v) is 10.7. The summed E-state index contributed by atoms with van der Waals surface area (Å²) in [6.45, 7) is 7.72. The summed E-state index contributed by atoms with van der Waals surface area (Å²) in [7, 11) is 0. The van der Waals surface area contributed by atoms with Crippen LogP contribution in [-0.2, 0) is 9.59 Å². The summed E-state index contributed by atoms with van der Waals surface area (Å²) < 4.78 is 13.1. The number of carbonyl (C=O) groups excluding carboxylic acids is 2. The second kappa shape index (κ2) is 9.57. The molecule has 0 unspecified atom stereocenters. The van der Waals surface area contributed by atoms with Gasteiger partial charge in [0.05, 0.1) is 5.41 Å². The smallest absolute Gasteiger partial charge is 0.223 e. The number of hydrogen-bond acceptors (Lipinski definition) is 4. The van der Waals surface area contributed by atoms with Crippen LogP contribution >= 0.6 is 0 Å². The maximum Gasteiger partial charge on any atom is 0.223 e. The Kier molecular flexibility index (Phi) is 7.11. The Bertz CT molecular complexity index is 693. The van der Waals surface area contributed by atoms with E-state index in [1.807, 2.05) is 17.0 Å². The second-order valence-electron chi connectivity index (χ2n) is 8.41. The predicted molar refractivity (Wildman–Crippen MR) is 112 cm³/mol. The van der Waals surface area contributed by atoms with Crippen LogP contribution in [0, 0.1) is 11.2 Å². The molecule has 29 heavy (non-hydrogen) atoms. The number of anilines is 1. The van der Waals surface area contributed by atoms with Gasteiger partial charge in [-0.05, 0) is 56.5 Å². The van der Waals surface area contributed by atoms with Crippen molar-refractivity contribution >= 4 is 17.5 Å². The van der Waals surface area contributed by atoms with E-state index in [1.165, 1.54) is 12.1 Å². The number of nitrogens with two attached hydrogens (primary N) is 1. The highest BCUT2D eigenvalue weighted by Gasteiger charge is 2.39. The highest BCUT2D eigenvalue weighted by molar-refractivity contribution is 5.81. The van der Waals surface area contributed by atoms with Crippen LogP contribution in [0.3, 0.4) is 0 Å². The highest BCUT2D eigenvalue weighted by atomic mass is 19.1. The van der Waals surface area contributed by atoms with E-state index in [1.54, 1.807) is 6.92 Å². The number of hydrogen-bond donors (Lipinski definition) is 1. The van der Waals surface area contributed by atoms with Crippen LogP contribution < -0.4 is 10.6 Å². The van der Waals surface area contributed by atoms with E-state index in [4.69, 9.17) is 5.73 Å². The molecule has 160 valence electrons. The molecule has 0 atom stereocenters. The number of amides is 2. The molecule has 3 rings (SSSR count). The summed E-state index contributed by atoms with van der Waals surface area (Å²) in [6.07, 6.45) is 4.18. The summed E-state index contributed by atoms with van der Waals surface area (Å²) in [5, 5.41) is 0. The Morgan fingerprint density at radius 3 is 2.17 bits per heavy atom. The van der Waals surface area contributed by atoms with Gasteiger partial charge in [0.25, 0.3) is 0 Å². The Balaban J connectivity index is 1.38. The van der Waals surface area contributed by atoms with Gasteiger partial charge in [-0.3, -0.25) is 14.5 Å². The minimum atomic E-state index is -0.451. The number of carbonyl (C=O) groups is 2. The molecular weight excluding hydrogens is 371 g/mol. The molecule has 0 radical (unpaired) electrons. The molecule has 2 saturated heterocycles. The van der Waals surface area contributed by atoms with Crippen molar-refractivity contribution in [2.45, 2.75) is 39.0 Å². The zero-order chi connectivity index (χ0) is 20.9. The van der Waals surface area contributed by atoms with E-state index in [9.17, 15) is 14.0 Å². The molecule has 2 aliphatic rings. The fourth-order valence-electron chi connectivity index (χ4n) is 4.55. The molecule has 1 aromatic carbocycles. The molecule has 0 spiro atoms. The lowest BCUT2D eigenvalue weighted by atomic mass is 9.74. The van der Waals surface area contributed by atoms with Crippen molar-refractivity contribution in [2.24, 2.45) is 11.1 Å². The van der Waals surface area contributed by atoms with Gasteiger partial charge in [0.15, 0.2) is 0 Å². The van der Waals surface area contributed by atoms with Crippen LogP contribution in [0.4, 0.5) is 10.1 Å². The minimum Gasteiger partial charge on any atom is -0.369 e. The van der Waals surface area contributed by atoms with Gasteiger partial charge in [-0.1, -0.05) is 6.42 Å². The van der Waals surface area contributed by atoms with Crippen LogP contribution in [0.5, 0.6) is 0 Å². The average Bonchev–Trinajstić information content (AvgIpc) is 2.72. The Morgan fingerprint density at radius 1 is 1.00 bits per heavy atom. The molecule has 1 aromatic rings. The van der Waals surface area contributed by atoms with E-state index < -0.39 is 5.41 Å². The van der Waals surface area contributed by atoms with Crippen molar-refractivity contribution in [2.75, 3.05) is 50.7 Å². The lowest BCUT2D eigenvalue weighted by Gasteiger charge is -2.40. The number of primary amides is 1. The van der Waals surface area contributed by atoms with E-state index in [0.717, 1.165) is 57.7 Å². The normalized spacial score (nSPS) is 19.9. The summed E-state index contributed by atoms with van der Waals surface area (Å²) in [5.41, 5.74) is 6.37. The second-order valence-corrected chi connectivity index (χ2v) is 8.41. The molecule has 6 nitrogen and oxygen atoms in total. The fourth-order valence-corrected chi connectivity index (χ4v) is 4.55. The topological polar surface area (TPSA) is 69.9 Å². The highest BCUT2D eigenvalue weighted by Crippen LogP contribution is 2.36.